The van der Waals surface area contributed by atoms with Crippen molar-refractivity contribution >= 4 is 40.7 Å². The summed E-state index contributed by atoms with van der Waals surface area (Å²) in [6, 6.07) is 10.4. The highest BCUT2D eigenvalue weighted by Crippen LogP contribution is 2.22. The Morgan fingerprint density at radius 1 is 1.04 bits per heavy atom. The standard InChI is InChI=1S/C17H13Cl2F3N2O2/c18-11-6-5-10(13(19)8-11)7-15(25)24-14-4-2-1-3-12(14)16(26)23-9-17(20,21)22/h1-6,8H,7,9H2,(H,23,26)(H,24,25). The highest BCUT2D eigenvalue weighted by atomic mass is 35.5. The predicted octanol–water partition coefficient (Wildman–Crippen LogP) is 4.47. The van der Waals surface area contributed by atoms with Crippen LogP contribution in [0.2, 0.25) is 10.0 Å². The molecule has 138 valence electrons. The van der Waals surface area contributed by atoms with E-state index in [-0.39, 0.29) is 17.7 Å². The second-order valence-corrected chi connectivity index (χ2v) is 6.15. The molecular formula is C17H13Cl2F3N2O2. The number of alkyl halides is 3. The van der Waals surface area contributed by atoms with Crippen LogP contribution >= 0.6 is 23.2 Å². The van der Waals surface area contributed by atoms with Gasteiger partial charge in [0.1, 0.15) is 6.54 Å². The third kappa shape index (κ3) is 5.93. The summed E-state index contributed by atoms with van der Waals surface area (Å²) in [5.41, 5.74) is 0.544. The lowest BCUT2D eigenvalue weighted by Crippen LogP contribution is -2.34. The van der Waals surface area contributed by atoms with E-state index < -0.39 is 24.5 Å². The molecule has 2 N–H and O–H groups in total. The largest absolute Gasteiger partial charge is 0.405 e. The molecule has 2 amide bonds. The van der Waals surface area contributed by atoms with Gasteiger partial charge in [0.05, 0.1) is 17.7 Å². The Labute approximate surface area is 157 Å². The quantitative estimate of drug-likeness (QED) is 0.772. The predicted molar refractivity (Wildman–Crippen MR) is 93.6 cm³/mol. The van der Waals surface area contributed by atoms with Gasteiger partial charge in [-0.15, -0.1) is 0 Å². The van der Waals surface area contributed by atoms with Gasteiger partial charge in [0, 0.05) is 10.0 Å². The molecule has 0 saturated heterocycles. The van der Waals surface area contributed by atoms with Crippen LogP contribution in [0.15, 0.2) is 42.5 Å². The Balaban J connectivity index is 2.09. The average Bonchev–Trinajstić information content (AvgIpc) is 2.55. The van der Waals surface area contributed by atoms with Crippen LogP contribution in [0, 0.1) is 0 Å². The minimum absolute atomic E-state index is 0.0766. The second kappa shape index (κ2) is 8.42. The van der Waals surface area contributed by atoms with Crippen molar-refractivity contribution in [3.8, 4) is 0 Å². The van der Waals surface area contributed by atoms with Crippen molar-refractivity contribution in [3.63, 3.8) is 0 Å². The fraction of sp³-hybridized carbons (Fsp3) is 0.176. The van der Waals surface area contributed by atoms with Gasteiger partial charge < -0.3 is 10.6 Å². The number of para-hydroxylation sites is 1. The van der Waals surface area contributed by atoms with Crippen molar-refractivity contribution in [1.82, 2.24) is 5.32 Å². The molecule has 0 aliphatic carbocycles. The smallest absolute Gasteiger partial charge is 0.343 e. The number of carbonyl (C=O) groups is 2. The zero-order valence-electron chi connectivity index (χ0n) is 13.2. The minimum atomic E-state index is -4.53. The van der Waals surface area contributed by atoms with Crippen LogP contribution in [0.5, 0.6) is 0 Å². The third-order valence-corrected chi connectivity index (χ3v) is 3.85. The first kappa shape index (κ1) is 20.1. The van der Waals surface area contributed by atoms with E-state index in [2.05, 4.69) is 5.32 Å². The number of nitrogens with one attached hydrogen (secondary N) is 2. The first-order valence-electron chi connectivity index (χ1n) is 7.33. The molecule has 0 spiro atoms. The Hall–Kier alpha value is -2.25. The normalized spacial score (nSPS) is 11.1. The first-order chi connectivity index (χ1) is 12.2. The van der Waals surface area contributed by atoms with Gasteiger partial charge in [-0.25, -0.2) is 0 Å². The Morgan fingerprint density at radius 3 is 2.38 bits per heavy atom. The van der Waals surface area contributed by atoms with E-state index in [0.717, 1.165) is 0 Å². The molecule has 0 unspecified atom stereocenters. The molecule has 0 heterocycles. The van der Waals surface area contributed by atoms with Gasteiger partial charge in [-0.3, -0.25) is 9.59 Å². The molecule has 0 radical (unpaired) electrons. The SMILES string of the molecule is O=C(Cc1ccc(Cl)cc1Cl)Nc1ccccc1C(=O)NCC(F)(F)F. The van der Waals surface area contributed by atoms with Crippen LogP contribution in [-0.4, -0.2) is 24.5 Å². The van der Waals surface area contributed by atoms with Crippen LogP contribution in [0.25, 0.3) is 0 Å². The van der Waals surface area contributed by atoms with Crippen LogP contribution in [0.1, 0.15) is 15.9 Å². The van der Waals surface area contributed by atoms with Crippen molar-refractivity contribution in [3.05, 3.63) is 63.6 Å². The number of halogens is 5. The second-order valence-electron chi connectivity index (χ2n) is 5.30. The van der Waals surface area contributed by atoms with E-state index in [1.54, 1.807) is 23.5 Å². The minimum Gasteiger partial charge on any atom is -0.343 e. The topological polar surface area (TPSA) is 58.2 Å². The van der Waals surface area contributed by atoms with Crippen LogP contribution < -0.4 is 10.6 Å². The maximum Gasteiger partial charge on any atom is 0.405 e. The summed E-state index contributed by atoms with van der Waals surface area (Å²) in [7, 11) is 0. The van der Waals surface area contributed by atoms with Crippen molar-refractivity contribution in [1.29, 1.82) is 0 Å². The summed E-state index contributed by atoms with van der Waals surface area (Å²) >= 11 is 11.8. The number of rotatable bonds is 5. The van der Waals surface area contributed by atoms with E-state index in [1.165, 1.54) is 24.3 Å². The van der Waals surface area contributed by atoms with Gasteiger partial charge in [0.25, 0.3) is 5.91 Å². The van der Waals surface area contributed by atoms with Crippen LogP contribution in [0.4, 0.5) is 18.9 Å². The number of hydrogen-bond donors (Lipinski definition) is 2. The van der Waals surface area contributed by atoms with E-state index >= 15 is 0 Å². The molecule has 2 aromatic carbocycles. The molecule has 0 bridgehead atoms. The summed E-state index contributed by atoms with van der Waals surface area (Å²) in [6.45, 7) is -1.46. The number of amides is 2. The molecule has 2 rings (SSSR count). The summed E-state index contributed by atoms with van der Waals surface area (Å²) in [5, 5.41) is 5.00. The number of benzene rings is 2. The molecule has 0 atom stereocenters. The van der Waals surface area contributed by atoms with Gasteiger partial charge in [0.15, 0.2) is 0 Å². The van der Waals surface area contributed by atoms with Crippen molar-refractivity contribution in [2.45, 2.75) is 12.6 Å². The Morgan fingerprint density at radius 2 is 1.73 bits per heavy atom. The lowest BCUT2D eigenvalue weighted by Gasteiger charge is -2.13. The summed E-state index contributed by atoms with van der Waals surface area (Å²) in [4.78, 5) is 24.1. The van der Waals surface area contributed by atoms with Crippen molar-refractivity contribution < 1.29 is 22.8 Å². The first-order valence-corrected chi connectivity index (χ1v) is 8.09. The average molecular weight is 405 g/mol. The van der Waals surface area contributed by atoms with E-state index in [9.17, 15) is 22.8 Å². The third-order valence-electron chi connectivity index (χ3n) is 3.26. The highest BCUT2D eigenvalue weighted by Gasteiger charge is 2.28. The molecule has 0 aromatic heterocycles. The van der Waals surface area contributed by atoms with Crippen LogP contribution in [0.3, 0.4) is 0 Å². The molecule has 26 heavy (non-hydrogen) atoms. The van der Waals surface area contributed by atoms with Gasteiger partial charge in [0.2, 0.25) is 5.91 Å². The van der Waals surface area contributed by atoms with Gasteiger partial charge in [-0.05, 0) is 29.8 Å². The molecular weight excluding hydrogens is 392 g/mol. The molecule has 4 nitrogen and oxygen atoms in total. The number of carbonyl (C=O) groups excluding carboxylic acids is 2. The molecule has 0 saturated carbocycles. The summed E-state index contributed by atoms with van der Waals surface area (Å²) < 4.78 is 36.7. The van der Waals surface area contributed by atoms with Crippen molar-refractivity contribution in [2.24, 2.45) is 0 Å². The maximum atomic E-state index is 12.2. The fourth-order valence-corrected chi connectivity index (χ4v) is 2.57. The molecule has 9 heteroatoms. The Bertz CT molecular complexity index is 826. The van der Waals surface area contributed by atoms with E-state index in [1.807, 2.05) is 0 Å². The summed E-state index contributed by atoms with van der Waals surface area (Å²) in [6.07, 6.45) is -4.62. The van der Waals surface area contributed by atoms with Crippen molar-refractivity contribution in [2.75, 3.05) is 11.9 Å². The molecule has 0 fully saturated rings. The highest BCUT2D eigenvalue weighted by molar-refractivity contribution is 6.35. The number of anilines is 1. The number of hydrogen-bond acceptors (Lipinski definition) is 2. The summed E-state index contributed by atoms with van der Waals surface area (Å²) in [5.74, 6) is -1.42. The zero-order chi connectivity index (χ0) is 19.3. The molecule has 2 aromatic rings. The Kier molecular flexibility index (Phi) is 6.50. The van der Waals surface area contributed by atoms with Crippen LogP contribution in [-0.2, 0) is 11.2 Å². The van der Waals surface area contributed by atoms with E-state index in [4.69, 9.17) is 23.2 Å². The van der Waals surface area contributed by atoms with Gasteiger partial charge in [-0.2, -0.15) is 13.2 Å². The molecule has 0 aliphatic heterocycles. The lowest BCUT2D eigenvalue weighted by atomic mass is 10.1. The van der Waals surface area contributed by atoms with Gasteiger partial charge in [-0.1, -0.05) is 41.4 Å². The lowest BCUT2D eigenvalue weighted by molar-refractivity contribution is -0.123. The van der Waals surface area contributed by atoms with E-state index in [0.29, 0.717) is 15.6 Å². The zero-order valence-corrected chi connectivity index (χ0v) is 14.7. The molecule has 0 aliphatic rings. The van der Waals surface area contributed by atoms with Gasteiger partial charge >= 0.3 is 6.18 Å². The monoisotopic (exact) mass is 404 g/mol. The fourth-order valence-electron chi connectivity index (χ4n) is 2.10. The maximum absolute atomic E-state index is 12.2.